The summed E-state index contributed by atoms with van der Waals surface area (Å²) in [7, 11) is 0. The Balaban J connectivity index is 1.58. The van der Waals surface area contributed by atoms with Gasteiger partial charge in [0.2, 0.25) is 0 Å². The summed E-state index contributed by atoms with van der Waals surface area (Å²) >= 11 is 0. The molecular formula is C18H23FN2O4. The van der Waals surface area contributed by atoms with Crippen LogP contribution in [-0.4, -0.2) is 29.8 Å². The molecule has 7 heteroatoms. The second-order valence-corrected chi connectivity index (χ2v) is 6.71. The van der Waals surface area contributed by atoms with Crippen LogP contribution in [0.3, 0.4) is 0 Å². The number of halogens is 1. The van der Waals surface area contributed by atoms with Gasteiger partial charge in [-0.3, -0.25) is 4.79 Å². The molecule has 3 rings (SSSR count). The second-order valence-electron chi connectivity index (χ2n) is 6.71. The third kappa shape index (κ3) is 4.21. The van der Waals surface area contributed by atoms with Gasteiger partial charge in [0.25, 0.3) is 0 Å². The van der Waals surface area contributed by atoms with Crippen LogP contribution in [0.2, 0.25) is 0 Å². The molecule has 2 aliphatic rings. The number of carboxylic acids is 1. The van der Waals surface area contributed by atoms with Crippen molar-refractivity contribution in [1.82, 2.24) is 10.6 Å². The molecule has 1 fully saturated rings. The molecule has 6 nitrogen and oxygen atoms in total. The van der Waals surface area contributed by atoms with Crippen molar-refractivity contribution in [3.05, 3.63) is 29.6 Å². The molecule has 1 atom stereocenters. The zero-order chi connectivity index (χ0) is 17.8. The van der Waals surface area contributed by atoms with Crippen molar-refractivity contribution < 1.29 is 23.8 Å². The van der Waals surface area contributed by atoms with Crippen molar-refractivity contribution in [1.29, 1.82) is 0 Å². The Kier molecular flexibility index (Phi) is 5.40. The normalized spacial score (nSPS) is 25.9. The SMILES string of the molecule is O=C(NC1CCC(C(=O)O)CC1)NC1CCCOc2c(F)cccc21. The second kappa shape index (κ2) is 7.72. The van der Waals surface area contributed by atoms with Crippen molar-refractivity contribution in [2.24, 2.45) is 5.92 Å². The minimum absolute atomic E-state index is 0.0235. The summed E-state index contributed by atoms with van der Waals surface area (Å²) in [6.45, 7) is 0.424. The van der Waals surface area contributed by atoms with Crippen molar-refractivity contribution >= 4 is 12.0 Å². The lowest BCUT2D eigenvalue weighted by atomic mass is 9.86. The van der Waals surface area contributed by atoms with E-state index in [4.69, 9.17) is 9.84 Å². The highest BCUT2D eigenvalue weighted by molar-refractivity contribution is 5.75. The topological polar surface area (TPSA) is 87.7 Å². The van der Waals surface area contributed by atoms with Crippen molar-refractivity contribution in [3.63, 3.8) is 0 Å². The molecule has 1 saturated carbocycles. The van der Waals surface area contributed by atoms with E-state index in [0.717, 1.165) is 6.42 Å². The van der Waals surface area contributed by atoms with E-state index in [1.165, 1.54) is 6.07 Å². The van der Waals surface area contributed by atoms with Crippen LogP contribution in [0.15, 0.2) is 18.2 Å². The Bertz CT molecular complexity index is 644. The van der Waals surface area contributed by atoms with Crippen LogP contribution in [0, 0.1) is 11.7 Å². The quantitative estimate of drug-likeness (QED) is 0.782. The van der Waals surface area contributed by atoms with E-state index in [1.807, 2.05) is 0 Å². The summed E-state index contributed by atoms with van der Waals surface area (Å²) in [4.78, 5) is 23.3. The number of benzene rings is 1. The molecule has 1 aromatic rings. The standard InChI is InChI=1S/C18H23FN2O4/c19-14-4-1-3-13-15(5-2-10-25-16(13)14)21-18(24)20-12-8-6-11(7-9-12)17(22)23/h1,3-4,11-12,15H,2,5-10H2,(H,22,23)(H2,20,21,24). The van der Waals surface area contributed by atoms with Crippen LogP contribution >= 0.6 is 0 Å². The van der Waals surface area contributed by atoms with Crippen LogP contribution in [0.5, 0.6) is 5.75 Å². The van der Waals surface area contributed by atoms with E-state index in [-0.39, 0.29) is 29.8 Å². The summed E-state index contributed by atoms with van der Waals surface area (Å²) in [6.07, 6.45) is 3.86. The van der Waals surface area contributed by atoms with Crippen molar-refractivity contribution in [2.75, 3.05) is 6.61 Å². The van der Waals surface area contributed by atoms with E-state index in [0.29, 0.717) is 44.3 Å². The van der Waals surface area contributed by atoms with E-state index >= 15 is 0 Å². The number of para-hydroxylation sites is 1. The Morgan fingerprint density at radius 1 is 1.12 bits per heavy atom. The summed E-state index contributed by atoms with van der Waals surface area (Å²) in [6, 6.07) is 4.10. The molecule has 0 aromatic heterocycles. The van der Waals surface area contributed by atoms with Gasteiger partial charge in [0.15, 0.2) is 11.6 Å². The first-order chi connectivity index (χ1) is 12.0. The molecule has 0 bridgehead atoms. The van der Waals surface area contributed by atoms with Crippen LogP contribution in [0.1, 0.15) is 50.1 Å². The highest BCUT2D eigenvalue weighted by atomic mass is 19.1. The van der Waals surface area contributed by atoms with E-state index in [1.54, 1.807) is 12.1 Å². The number of urea groups is 1. The molecule has 1 aromatic carbocycles. The van der Waals surface area contributed by atoms with Crippen LogP contribution in [0.25, 0.3) is 0 Å². The predicted molar refractivity (Wildman–Crippen MR) is 88.9 cm³/mol. The Hall–Kier alpha value is -2.31. The zero-order valence-corrected chi connectivity index (χ0v) is 14.0. The highest BCUT2D eigenvalue weighted by Crippen LogP contribution is 2.33. The van der Waals surface area contributed by atoms with Gasteiger partial charge in [-0.25, -0.2) is 9.18 Å². The molecule has 0 spiro atoms. The maximum atomic E-state index is 13.9. The number of ether oxygens (including phenoxy) is 1. The van der Waals surface area contributed by atoms with Gasteiger partial charge in [-0.05, 0) is 44.6 Å². The van der Waals surface area contributed by atoms with Gasteiger partial charge in [-0.15, -0.1) is 0 Å². The monoisotopic (exact) mass is 350 g/mol. The molecule has 136 valence electrons. The number of hydrogen-bond acceptors (Lipinski definition) is 3. The Labute approximate surface area is 145 Å². The summed E-state index contributed by atoms with van der Waals surface area (Å²) < 4.78 is 19.4. The van der Waals surface area contributed by atoms with Crippen LogP contribution < -0.4 is 15.4 Å². The maximum absolute atomic E-state index is 13.9. The van der Waals surface area contributed by atoms with Gasteiger partial charge in [0.05, 0.1) is 18.6 Å². The van der Waals surface area contributed by atoms with Crippen LogP contribution in [0.4, 0.5) is 9.18 Å². The first-order valence-electron chi connectivity index (χ1n) is 8.75. The van der Waals surface area contributed by atoms with Crippen LogP contribution in [-0.2, 0) is 4.79 Å². The Morgan fingerprint density at radius 3 is 2.60 bits per heavy atom. The summed E-state index contributed by atoms with van der Waals surface area (Å²) in [5.41, 5.74) is 0.655. The number of fused-ring (bicyclic) bond motifs is 1. The molecule has 3 N–H and O–H groups in total. The van der Waals surface area contributed by atoms with Gasteiger partial charge in [0, 0.05) is 11.6 Å². The largest absolute Gasteiger partial charge is 0.490 e. The number of carbonyl (C=O) groups is 2. The maximum Gasteiger partial charge on any atom is 0.315 e. The smallest absolute Gasteiger partial charge is 0.315 e. The lowest BCUT2D eigenvalue weighted by Crippen LogP contribution is -2.45. The summed E-state index contributed by atoms with van der Waals surface area (Å²) in [5.74, 6) is -1.28. The lowest BCUT2D eigenvalue weighted by Gasteiger charge is -2.28. The predicted octanol–water partition coefficient (Wildman–Crippen LogP) is 2.98. The average molecular weight is 350 g/mol. The van der Waals surface area contributed by atoms with Gasteiger partial charge < -0.3 is 20.5 Å². The first kappa shape index (κ1) is 17.5. The molecule has 2 amide bonds. The molecule has 25 heavy (non-hydrogen) atoms. The first-order valence-corrected chi connectivity index (χ1v) is 8.75. The van der Waals surface area contributed by atoms with Gasteiger partial charge in [-0.1, -0.05) is 12.1 Å². The number of aliphatic carboxylic acids is 1. The van der Waals surface area contributed by atoms with Gasteiger partial charge >= 0.3 is 12.0 Å². The molecule has 1 aliphatic heterocycles. The van der Waals surface area contributed by atoms with E-state index < -0.39 is 11.8 Å². The number of carboxylic acid groups (broad SMARTS) is 1. The van der Waals surface area contributed by atoms with Gasteiger partial charge in [0.1, 0.15) is 0 Å². The molecule has 1 aliphatic carbocycles. The molecule has 1 unspecified atom stereocenters. The third-order valence-corrected chi connectivity index (χ3v) is 4.97. The minimum atomic E-state index is -0.764. The van der Waals surface area contributed by atoms with Crippen molar-refractivity contribution in [2.45, 2.75) is 50.6 Å². The fourth-order valence-electron chi connectivity index (χ4n) is 3.59. The highest BCUT2D eigenvalue weighted by Gasteiger charge is 2.28. The van der Waals surface area contributed by atoms with Gasteiger partial charge in [-0.2, -0.15) is 0 Å². The third-order valence-electron chi connectivity index (χ3n) is 4.97. The number of hydrogen-bond donors (Lipinski definition) is 3. The average Bonchev–Trinajstić information content (AvgIpc) is 2.79. The molecule has 0 radical (unpaired) electrons. The van der Waals surface area contributed by atoms with E-state index in [9.17, 15) is 14.0 Å². The zero-order valence-electron chi connectivity index (χ0n) is 14.0. The summed E-state index contributed by atoms with van der Waals surface area (Å²) in [5, 5.41) is 14.8. The number of carbonyl (C=O) groups excluding carboxylic acids is 1. The number of rotatable bonds is 3. The Morgan fingerprint density at radius 2 is 1.88 bits per heavy atom. The number of nitrogens with one attached hydrogen (secondary N) is 2. The fraction of sp³-hybridized carbons (Fsp3) is 0.556. The lowest BCUT2D eigenvalue weighted by molar-refractivity contribution is -0.142. The fourth-order valence-corrected chi connectivity index (χ4v) is 3.59. The van der Waals surface area contributed by atoms with E-state index in [2.05, 4.69) is 10.6 Å². The molecule has 1 heterocycles. The minimum Gasteiger partial charge on any atom is -0.490 e. The molecular weight excluding hydrogens is 327 g/mol. The molecule has 0 saturated heterocycles. The van der Waals surface area contributed by atoms with Crippen molar-refractivity contribution in [3.8, 4) is 5.75 Å². The number of amides is 2.